The van der Waals surface area contributed by atoms with E-state index in [1.807, 2.05) is 0 Å². The minimum Gasteiger partial charge on any atom is -0.456 e. The minimum absolute atomic E-state index is 0.129. The number of hydrogen-bond donors (Lipinski definition) is 1. The van der Waals surface area contributed by atoms with E-state index in [9.17, 15) is 0 Å². The van der Waals surface area contributed by atoms with Crippen molar-refractivity contribution in [2.45, 2.75) is 19.4 Å². The van der Waals surface area contributed by atoms with Crippen molar-refractivity contribution in [1.29, 1.82) is 0 Å². The summed E-state index contributed by atoms with van der Waals surface area (Å²) in [5, 5.41) is 11.0. The maximum Gasteiger partial charge on any atom is 0.138 e. The van der Waals surface area contributed by atoms with Gasteiger partial charge >= 0.3 is 0 Å². The second-order valence-electron chi connectivity index (χ2n) is 15.8. The fourth-order valence-electron chi connectivity index (χ4n) is 9.19. The van der Waals surface area contributed by atoms with Crippen LogP contribution in [0.2, 0.25) is 0 Å². The molecule has 0 bridgehead atoms. The van der Waals surface area contributed by atoms with E-state index in [1.54, 1.807) is 0 Å². The number of nitrogens with zero attached hydrogens (tertiary/aromatic N) is 1. The maximum atomic E-state index is 6.95. The van der Waals surface area contributed by atoms with Gasteiger partial charge in [-0.2, -0.15) is 0 Å². The van der Waals surface area contributed by atoms with Gasteiger partial charge in [0.25, 0.3) is 0 Å². The minimum atomic E-state index is 0.129. The smallest absolute Gasteiger partial charge is 0.138 e. The van der Waals surface area contributed by atoms with Gasteiger partial charge < -0.3 is 14.6 Å². The number of hydrogen-bond acceptors (Lipinski definition) is 3. The Labute approximate surface area is 350 Å². The van der Waals surface area contributed by atoms with Crippen molar-refractivity contribution in [3.05, 3.63) is 235 Å². The summed E-state index contributed by atoms with van der Waals surface area (Å²) in [4.78, 5) is 2.36. The topological polar surface area (TPSA) is 28.4 Å². The van der Waals surface area contributed by atoms with Crippen LogP contribution in [0.3, 0.4) is 0 Å². The lowest BCUT2D eigenvalue weighted by Gasteiger charge is -2.27. The van der Waals surface area contributed by atoms with E-state index >= 15 is 0 Å². The predicted molar refractivity (Wildman–Crippen MR) is 253 cm³/mol. The van der Waals surface area contributed by atoms with Gasteiger partial charge in [0.15, 0.2) is 0 Å². The quantitative estimate of drug-likeness (QED) is 0.175. The van der Waals surface area contributed by atoms with E-state index in [0.717, 1.165) is 67.5 Å². The van der Waals surface area contributed by atoms with E-state index in [1.165, 1.54) is 44.2 Å². The molecule has 9 aromatic carbocycles. The fourth-order valence-corrected chi connectivity index (χ4v) is 9.19. The zero-order valence-electron chi connectivity index (χ0n) is 33.3. The number of rotatable bonds is 7. The third-order valence-electron chi connectivity index (χ3n) is 12.1. The van der Waals surface area contributed by atoms with Crippen molar-refractivity contribution in [2.75, 3.05) is 4.90 Å². The molecule has 10 aromatic rings. The lowest BCUT2D eigenvalue weighted by Crippen LogP contribution is -2.19. The van der Waals surface area contributed by atoms with Crippen molar-refractivity contribution >= 4 is 71.8 Å². The number of para-hydroxylation sites is 1. The molecule has 0 saturated heterocycles. The first kappa shape index (κ1) is 35.5. The first-order chi connectivity index (χ1) is 29.7. The summed E-state index contributed by atoms with van der Waals surface area (Å²) in [7, 11) is 0. The van der Waals surface area contributed by atoms with Gasteiger partial charge in [-0.15, -0.1) is 0 Å². The Morgan fingerprint density at radius 2 is 1.15 bits per heavy atom. The van der Waals surface area contributed by atoms with Gasteiger partial charge in [0, 0.05) is 39.3 Å². The molecule has 1 aromatic heterocycles. The summed E-state index contributed by atoms with van der Waals surface area (Å²) in [6.45, 7) is 2.29. The molecule has 0 radical (unpaired) electrons. The Hall–Kier alpha value is -7.62. The van der Waals surface area contributed by atoms with Gasteiger partial charge in [-0.25, -0.2) is 0 Å². The third-order valence-corrected chi connectivity index (χ3v) is 12.1. The number of anilines is 3. The Bertz CT molecular complexity index is 3250. The van der Waals surface area contributed by atoms with Crippen molar-refractivity contribution in [1.82, 2.24) is 5.32 Å². The molecule has 3 heteroatoms. The van der Waals surface area contributed by atoms with E-state index in [0.29, 0.717) is 0 Å². The molecule has 60 heavy (non-hydrogen) atoms. The molecule has 0 spiro atoms. The highest BCUT2D eigenvalue weighted by molar-refractivity contribution is 6.25. The van der Waals surface area contributed by atoms with Gasteiger partial charge in [-0.1, -0.05) is 169 Å². The van der Waals surface area contributed by atoms with Crippen LogP contribution in [-0.2, 0) is 0 Å². The molecule has 2 heterocycles. The highest BCUT2D eigenvalue weighted by Gasteiger charge is 2.25. The van der Waals surface area contributed by atoms with Crippen LogP contribution in [0.4, 0.5) is 17.1 Å². The third kappa shape index (κ3) is 6.32. The molecule has 0 aliphatic carbocycles. The van der Waals surface area contributed by atoms with Gasteiger partial charge in [-0.3, -0.25) is 0 Å². The van der Waals surface area contributed by atoms with E-state index < -0.39 is 0 Å². The van der Waals surface area contributed by atoms with E-state index in [4.69, 9.17) is 4.42 Å². The average Bonchev–Trinajstić information content (AvgIpc) is 3.61. The Morgan fingerprint density at radius 3 is 1.93 bits per heavy atom. The molecule has 0 fully saturated rings. The molecule has 286 valence electrons. The second-order valence-corrected chi connectivity index (χ2v) is 15.8. The molecular formula is C57H42N2O. The highest BCUT2D eigenvalue weighted by atomic mass is 16.3. The summed E-state index contributed by atoms with van der Waals surface area (Å²) in [6, 6.07) is 74.0. The van der Waals surface area contributed by atoms with Crippen molar-refractivity contribution in [2.24, 2.45) is 0 Å². The van der Waals surface area contributed by atoms with Crippen LogP contribution in [0.15, 0.2) is 222 Å². The normalized spacial score (nSPS) is 14.3. The van der Waals surface area contributed by atoms with Crippen LogP contribution in [0, 0.1) is 0 Å². The van der Waals surface area contributed by atoms with Gasteiger partial charge in [0.05, 0.1) is 11.7 Å². The summed E-state index contributed by atoms with van der Waals surface area (Å²) < 4.78 is 6.95. The first-order valence-corrected chi connectivity index (χ1v) is 20.8. The molecular weight excluding hydrogens is 729 g/mol. The number of nitrogens with one attached hydrogen (secondary N) is 1. The summed E-state index contributed by atoms with van der Waals surface area (Å²) in [5.41, 5.74) is 14.6. The van der Waals surface area contributed by atoms with Gasteiger partial charge in [0.1, 0.15) is 11.2 Å². The van der Waals surface area contributed by atoms with Crippen molar-refractivity contribution < 1.29 is 4.42 Å². The molecule has 3 nitrogen and oxygen atoms in total. The van der Waals surface area contributed by atoms with Crippen molar-refractivity contribution in [3.63, 3.8) is 0 Å². The van der Waals surface area contributed by atoms with Crippen LogP contribution >= 0.6 is 0 Å². The monoisotopic (exact) mass is 770 g/mol. The number of fused-ring (bicyclic) bond motifs is 6. The molecule has 1 aliphatic rings. The largest absolute Gasteiger partial charge is 0.456 e. The van der Waals surface area contributed by atoms with Gasteiger partial charge in [0.2, 0.25) is 0 Å². The Morgan fingerprint density at radius 1 is 0.500 bits per heavy atom. The average molecular weight is 771 g/mol. The highest BCUT2D eigenvalue weighted by Crippen LogP contribution is 2.47. The standard InChI is InChI=1S/C57H42N2O/c1-38-34-51(41-17-5-2-6-18-41)58-52(42-19-7-3-8-20-42)36-50(38)49-26-15-27-54-56(49)57-48-25-14-13-24-47(48)53(37-55(57)60-54)59(45-22-9-4-10-23-45)46-32-30-40(31-33-46)44-29-28-39-16-11-12-21-43(39)35-44/h2-33,35-37,51,58H,34H2,1H3. The van der Waals surface area contributed by atoms with Crippen molar-refractivity contribution in [3.8, 4) is 11.1 Å². The SMILES string of the molecule is CC1=C(c2cccc3oc4cc(N(c5ccccc5)c5ccc(-c6ccc7ccccc7c6)cc5)c5ccccc5c4c23)C=C(c2ccccc2)NC(c2ccccc2)C1. The Kier molecular flexibility index (Phi) is 8.86. The number of benzene rings is 9. The molecule has 1 aliphatic heterocycles. The maximum absolute atomic E-state index is 6.95. The van der Waals surface area contributed by atoms with Gasteiger partial charge in [-0.05, 0) is 105 Å². The molecule has 1 N–H and O–H groups in total. The predicted octanol–water partition coefficient (Wildman–Crippen LogP) is 15.6. The summed E-state index contributed by atoms with van der Waals surface area (Å²) in [6.07, 6.45) is 3.23. The van der Waals surface area contributed by atoms with Crippen LogP contribution < -0.4 is 10.2 Å². The zero-order chi connectivity index (χ0) is 40.0. The first-order valence-electron chi connectivity index (χ1n) is 20.8. The summed E-state index contributed by atoms with van der Waals surface area (Å²) in [5.74, 6) is 0. The van der Waals surface area contributed by atoms with E-state index in [2.05, 4.69) is 229 Å². The van der Waals surface area contributed by atoms with Crippen LogP contribution in [0.1, 0.15) is 36.1 Å². The molecule has 1 atom stereocenters. The number of furan rings is 1. The van der Waals surface area contributed by atoms with Crippen LogP contribution in [-0.4, -0.2) is 0 Å². The number of allylic oxidation sites excluding steroid dienone is 2. The lowest BCUT2D eigenvalue weighted by molar-refractivity contribution is 0.632. The summed E-state index contributed by atoms with van der Waals surface area (Å²) >= 11 is 0. The van der Waals surface area contributed by atoms with Crippen LogP contribution in [0.5, 0.6) is 0 Å². The fraction of sp³-hybridized carbons (Fsp3) is 0.0526. The molecule has 0 saturated carbocycles. The molecule has 11 rings (SSSR count). The second kappa shape index (κ2) is 15.0. The zero-order valence-corrected chi connectivity index (χ0v) is 33.3. The molecule has 0 amide bonds. The van der Waals surface area contributed by atoms with Crippen LogP contribution in [0.25, 0.3) is 65.9 Å². The lowest BCUT2D eigenvalue weighted by atomic mass is 9.91. The van der Waals surface area contributed by atoms with E-state index in [-0.39, 0.29) is 6.04 Å². The Balaban J connectivity index is 1.09. The molecule has 1 unspecified atom stereocenters.